The summed E-state index contributed by atoms with van der Waals surface area (Å²) in [5.41, 5.74) is -0.614. The predicted octanol–water partition coefficient (Wildman–Crippen LogP) is 2.26. The zero-order valence-electron chi connectivity index (χ0n) is 8.83. The molecule has 0 atom stereocenters. The van der Waals surface area contributed by atoms with Crippen LogP contribution in [0.1, 0.15) is 40.0 Å². The largest absolute Gasteiger partial charge is 0.516 e. The lowest BCUT2D eigenvalue weighted by molar-refractivity contribution is -0.148. The fourth-order valence-electron chi connectivity index (χ4n) is 1.08. The minimum atomic E-state index is -0.894. The molecule has 0 heterocycles. The molecule has 1 fully saturated rings. The van der Waals surface area contributed by atoms with Gasteiger partial charge < -0.3 is 9.47 Å². The number of carbonyl (C=O) groups excluding carboxylic acids is 2. The quantitative estimate of drug-likeness (QED) is 0.481. The molecule has 80 valence electrons. The van der Waals surface area contributed by atoms with E-state index in [1.165, 1.54) is 0 Å². The lowest BCUT2D eigenvalue weighted by Gasteiger charge is -2.23. The number of carbonyl (C=O) groups is 2. The highest BCUT2D eigenvalue weighted by atomic mass is 16.7. The lowest BCUT2D eigenvalue weighted by atomic mass is 9.86. The van der Waals surface area contributed by atoms with Crippen LogP contribution in [0.5, 0.6) is 0 Å². The first-order valence-electron chi connectivity index (χ1n) is 4.83. The molecule has 0 N–H and O–H groups in total. The molecule has 0 spiro atoms. The van der Waals surface area contributed by atoms with Crippen molar-refractivity contribution in [2.45, 2.75) is 45.6 Å². The Bertz CT molecular complexity index is 235. The molecule has 4 nitrogen and oxygen atoms in total. The van der Waals surface area contributed by atoms with Gasteiger partial charge in [0.05, 0.1) is 5.92 Å². The highest BCUT2D eigenvalue weighted by molar-refractivity contribution is 5.84. The minimum absolute atomic E-state index is 0.0949. The van der Waals surface area contributed by atoms with E-state index in [-0.39, 0.29) is 5.92 Å². The maximum Gasteiger partial charge on any atom is 0.516 e. The van der Waals surface area contributed by atoms with Crippen LogP contribution in [0.25, 0.3) is 0 Å². The van der Waals surface area contributed by atoms with Gasteiger partial charge in [-0.2, -0.15) is 0 Å². The molecule has 0 unspecified atom stereocenters. The van der Waals surface area contributed by atoms with E-state index < -0.39 is 17.7 Å². The fourth-order valence-corrected chi connectivity index (χ4v) is 1.08. The second-order valence-corrected chi connectivity index (χ2v) is 4.51. The van der Waals surface area contributed by atoms with Gasteiger partial charge in [-0.25, -0.2) is 4.79 Å². The summed E-state index contributed by atoms with van der Waals surface area (Å²) < 4.78 is 9.38. The van der Waals surface area contributed by atoms with Crippen LogP contribution in [0.2, 0.25) is 0 Å². The van der Waals surface area contributed by atoms with Crippen molar-refractivity contribution in [2.24, 2.45) is 5.92 Å². The van der Waals surface area contributed by atoms with Crippen LogP contribution in [0.3, 0.4) is 0 Å². The van der Waals surface area contributed by atoms with Crippen molar-refractivity contribution in [3.63, 3.8) is 0 Å². The van der Waals surface area contributed by atoms with E-state index >= 15 is 0 Å². The second kappa shape index (κ2) is 3.98. The second-order valence-electron chi connectivity index (χ2n) is 4.51. The number of hydrogen-bond donors (Lipinski definition) is 0. The first kappa shape index (κ1) is 11.0. The van der Waals surface area contributed by atoms with Gasteiger partial charge in [0.2, 0.25) is 0 Å². The third-order valence-corrected chi connectivity index (χ3v) is 2.01. The Labute approximate surface area is 83.6 Å². The van der Waals surface area contributed by atoms with Crippen molar-refractivity contribution in [3.05, 3.63) is 0 Å². The first-order valence-corrected chi connectivity index (χ1v) is 4.83. The highest BCUT2D eigenvalue weighted by Gasteiger charge is 2.30. The number of esters is 1. The summed E-state index contributed by atoms with van der Waals surface area (Å²) in [5, 5.41) is 0. The Morgan fingerprint density at radius 3 is 2.14 bits per heavy atom. The van der Waals surface area contributed by atoms with Gasteiger partial charge >= 0.3 is 12.1 Å². The lowest BCUT2D eigenvalue weighted by Crippen LogP contribution is -2.30. The molecule has 0 aromatic rings. The number of ether oxygens (including phenoxy) is 2. The molecule has 1 rings (SSSR count). The Kier molecular flexibility index (Phi) is 3.13. The van der Waals surface area contributed by atoms with Gasteiger partial charge in [0.25, 0.3) is 0 Å². The van der Waals surface area contributed by atoms with Crippen molar-refractivity contribution in [3.8, 4) is 0 Å². The maximum absolute atomic E-state index is 11.2. The summed E-state index contributed by atoms with van der Waals surface area (Å²) in [5.74, 6) is -0.548. The fraction of sp³-hybridized carbons (Fsp3) is 0.800. The van der Waals surface area contributed by atoms with Crippen LogP contribution in [0.15, 0.2) is 0 Å². The van der Waals surface area contributed by atoms with Gasteiger partial charge in [-0.3, -0.25) is 4.79 Å². The van der Waals surface area contributed by atoms with Gasteiger partial charge in [-0.15, -0.1) is 0 Å². The molecule has 0 radical (unpaired) electrons. The molecule has 0 amide bonds. The molecule has 0 aromatic heterocycles. The summed E-state index contributed by atoms with van der Waals surface area (Å²) >= 11 is 0. The van der Waals surface area contributed by atoms with Crippen LogP contribution < -0.4 is 0 Å². The molecule has 14 heavy (non-hydrogen) atoms. The van der Waals surface area contributed by atoms with Crippen molar-refractivity contribution in [1.29, 1.82) is 0 Å². The standard InChI is InChI=1S/C10H16O4/c1-10(2,3)14-9(12)13-8(11)7-5-4-6-7/h7H,4-6H2,1-3H3. The molecule has 0 saturated heterocycles. The van der Waals surface area contributed by atoms with Crippen LogP contribution in [0, 0.1) is 5.92 Å². The Morgan fingerprint density at radius 1 is 1.21 bits per heavy atom. The van der Waals surface area contributed by atoms with Gasteiger partial charge in [0.15, 0.2) is 0 Å². The maximum atomic E-state index is 11.2. The van der Waals surface area contributed by atoms with Crippen molar-refractivity contribution in [2.75, 3.05) is 0 Å². The average molecular weight is 200 g/mol. The van der Waals surface area contributed by atoms with Gasteiger partial charge in [-0.05, 0) is 33.6 Å². The molecule has 1 aliphatic carbocycles. The zero-order chi connectivity index (χ0) is 10.8. The average Bonchev–Trinajstić information content (AvgIpc) is 1.75. The summed E-state index contributed by atoms with van der Waals surface area (Å²) in [6.45, 7) is 5.17. The smallest absolute Gasteiger partial charge is 0.428 e. The topological polar surface area (TPSA) is 52.6 Å². The van der Waals surface area contributed by atoms with Gasteiger partial charge in [-0.1, -0.05) is 6.42 Å². The molecule has 4 heteroatoms. The van der Waals surface area contributed by atoms with E-state index in [1.54, 1.807) is 20.8 Å². The van der Waals surface area contributed by atoms with E-state index in [4.69, 9.17) is 4.74 Å². The van der Waals surface area contributed by atoms with E-state index in [1.807, 2.05) is 0 Å². The SMILES string of the molecule is CC(C)(C)OC(=O)OC(=O)C1CCC1. The zero-order valence-corrected chi connectivity index (χ0v) is 8.83. The molecular weight excluding hydrogens is 184 g/mol. The Morgan fingerprint density at radius 2 is 1.79 bits per heavy atom. The summed E-state index contributed by atoms with van der Waals surface area (Å²) in [4.78, 5) is 22.2. The third kappa shape index (κ3) is 3.36. The third-order valence-electron chi connectivity index (χ3n) is 2.01. The van der Waals surface area contributed by atoms with E-state index in [0.717, 1.165) is 19.3 Å². The van der Waals surface area contributed by atoms with Crippen molar-refractivity contribution < 1.29 is 19.1 Å². The molecule has 1 saturated carbocycles. The highest BCUT2D eigenvalue weighted by Crippen LogP contribution is 2.27. The van der Waals surface area contributed by atoms with Crippen LogP contribution in [-0.4, -0.2) is 17.7 Å². The summed E-state index contributed by atoms with van der Waals surface area (Å²) in [6.07, 6.45) is 1.78. The Hall–Kier alpha value is -1.06. The van der Waals surface area contributed by atoms with Crippen LogP contribution >= 0.6 is 0 Å². The molecule has 0 bridgehead atoms. The number of hydrogen-bond acceptors (Lipinski definition) is 4. The predicted molar refractivity (Wildman–Crippen MR) is 49.7 cm³/mol. The van der Waals surface area contributed by atoms with E-state index in [2.05, 4.69) is 4.74 Å². The monoisotopic (exact) mass is 200 g/mol. The molecule has 1 aliphatic rings. The van der Waals surface area contributed by atoms with Crippen LogP contribution in [-0.2, 0) is 14.3 Å². The minimum Gasteiger partial charge on any atom is -0.428 e. The van der Waals surface area contributed by atoms with E-state index in [0.29, 0.717) is 0 Å². The molecule has 0 aliphatic heterocycles. The normalized spacial score (nSPS) is 17.1. The molecule has 0 aromatic carbocycles. The first-order chi connectivity index (χ1) is 6.38. The Balaban J connectivity index is 2.29. The van der Waals surface area contributed by atoms with Gasteiger partial charge in [0, 0.05) is 0 Å². The van der Waals surface area contributed by atoms with Crippen LogP contribution in [0.4, 0.5) is 4.79 Å². The van der Waals surface area contributed by atoms with E-state index in [9.17, 15) is 9.59 Å². The van der Waals surface area contributed by atoms with Crippen molar-refractivity contribution >= 4 is 12.1 Å². The summed E-state index contributed by atoms with van der Waals surface area (Å²) in [7, 11) is 0. The van der Waals surface area contributed by atoms with Gasteiger partial charge in [0.1, 0.15) is 5.60 Å². The van der Waals surface area contributed by atoms with Crippen molar-refractivity contribution in [1.82, 2.24) is 0 Å². The molecular formula is C10H16O4. The summed E-state index contributed by atoms with van der Waals surface area (Å²) in [6, 6.07) is 0. The number of rotatable bonds is 1.